The summed E-state index contributed by atoms with van der Waals surface area (Å²) in [7, 11) is 18.5. The number of hydrogen-bond donors (Lipinski definition) is 1. The van der Waals surface area contributed by atoms with Crippen LogP contribution in [0.15, 0.2) is 30.3 Å². The van der Waals surface area contributed by atoms with E-state index in [9.17, 15) is 9.90 Å². The van der Waals surface area contributed by atoms with E-state index in [1.165, 1.54) is 0 Å². The molecule has 3 aromatic rings. The molecule has 1 N–H and O–H groups in total. The molecule has 6 radical (unpaired) electrons. The number of carboxylic acid groups (broad SMARTS) is 1. The van der Waals surface area contributed by atoms with Crippen LogP contribution >= 0.6 is 11.6 Å². The molecule has 0 fully saturated rings. The van der Waals surface area contributed by atoms with Crippen LogP contribution in [0.3, 0.4) is 0 Å². The highest BCUT2D eigenvalue weighted by molar-refractivity contribution is 6.61. The summed E-state index contributed by atoms with van der Waals surface area (Å²) in [6.45, 7) is 10.5. The molecular formula is C25H26B3ClN2O3. The van der Waals surface area contributed by atoms with Crippen LogP contribution in [0.1, 0.15) is 43.7 Å². The number of nitrogens with zero attached hydrogens (tertiary/aromatic N) is 2. The smallest absolute Gasteiger partial charge is 0.337 e. The summed E-state index contributed by atoms with van der Waals surface area (Å²) in [6.07, 6.45) is -1.23. The first-order valence-corrected chi connectivity index (χ1v) is 11.6. The molecule has 4 rings (SSSR count). The molecule has 1 aliphatic rings. The number of aryl methyl sites for hydroxylation is 1. The lowest BCUT2D eigenvalue weighted by Crippen LogP contribution is -2.54. The average molecular weight is 470 g/mol. The Labute approximate surface area is 209 Å². The number of halogens is 1. The molecule has 1 atom stereocenters. The second-order valence-corrected chi connectivity index (χ2v) is 10.4. The van der Waals surface area contributed by atoms with Crippen molar-refractivity contribution in [1.82, 2.24) is 4.57 Å². The maximum atomic E-state index is 12.6. The third-order valence-corrected chi connectivity index (χ3v) is 6.45. The van der Waals surface area contributed by atoms with Crippen molar-refractivity contribution >= 4 is 57.7 Å². The molecule has 2 aromatic carbocycles. The molecule has 2 heterocycles. The lowest BCUT2D eigenvalue weighted by Gasteiger charge is -2.44. The quantitative estimate of drug-likeness (QED) is 0.560. The van der Waals surface area contributed by atoms with Crippen molar-refractivity contribution < 1.29 is 14.6 Å². The summed E-state index contributed by atoms with van der Waals surface area (Å²) in [5.41, 5.74) is 4.85. The number of anilines is 1. The molecule has 0 amide bonds. The SMILES string of the molecule is [B]C([B])([B])N1CCn2c(C)cc3c(-c4ccc(Cl)cc4)c([C@H](OC(C)(C)C)C(=O)O)c(C)c1c32. The standard InChI is InChI=1S/C25H26B3ClN2O3/c1-13-12-17-19(15-6-8-16(29)9-7-15)18(22(23(32)33)34-24(3,4)5)14(2)20-21(17)30(13)10-11-31(20)25(26,27)28/h6-9,12,22H,10-11H2,1-5H3,(H,32,33)/t22-/m0/s1. The monoisotopic (exact) mass is 470 g/mol. The molecule has 0 saturated carbocycles. The molecule has 0 bridgehead atoms. The van der Waals surface area contributed by atoms with Gasteiger partial charge in [-0.15, -0.1) is 0 Å². The number of aromatic nitrogens is 1. The average Bonchev–Trinajstić information content (AvgIpc) is 3.05. The van der Waals surface area contributed by atoms with E-state index in [1.807, 2.05) is 46.8 Å². The Morgan fingerprint density at radius 1 is 1.12 bits per heavy atom. The van der Waals surface area contributed by atoms with Crippen LogP contribution in [0.5, 0.6) is 0 Å². The van der Waals surface area contributed by atoms with Gasteiger partial charge in [-0.25, -0.2) is 4.79 Å². The number of hydrogen-bond acceptors (Lipinski definition) is 3. The largest absolute Gasteiger partial charge is 0.479 e. The summed E-state index contributed by atoms with van der Waals surface area (Å²) < 4.78 is 8.33. The van der Waals surface area contributed by atoms with E-state index in [-0.39, 0.29) is 0 Å². The van der Waals surface area contributed by atoms with Crippen LogP contribution in [-0.4, -0.2) is 56.6 Å². The van der Waals surface area contributed by atoms with Crippen molar-refractivity contribution in [2.24, 2.45) is 0 Å². The fourth-order valence-corrected chi connectivity index (χ4v) is 5.05. The molecule has 5 nitrogen and oxygen atoms in total. The van der Waals surface area contributed by atoms with Gasteiger partial charge in [0.25, 0.3) is 0 Å². The Morgan fingerprint density at radius 2 is 1.74 bits per heavy atom. The summed E-state index contributed by atoms with van der Waals surface area (Å²) >= 11 is 6.17. The van der Waals surface area contributed by atoms with Gasteiger partial charge < -0.3 is 19.3 Å². The first-order chi connectivity index (χ1) is 15.7. The van der Waals surface area contributed by atoms with Crippen molar-refractivity contribution in [3.05, 3.63) is 52.2 Å². The molecular weight excluding hydrogens is 444 g/mol. The predicted molar refractivity (Wildman–Crippen MR) is 140 cm³/mol. The zero-order valence-electron chi connectivity index (χ0n) is 20.1. The highest BCUT2D eigenvalue weighted by Crippen LogP contribution is 2.48. The van der Waals surface area contributed by atoms with Gasteiger partial charge in [0.1, 0.15) is 0 Å². The van der Waals surface area contributed by atoms with Gasteiger partial charge in [0.15, 0.2) is 6.10 Å². The van der Waals surface area contributed by atoms with E-state index in [1.54, 1.807) is 17.0 Å². The van der Waals surface area contributed by atoms with Crippen LogP contribution in [0, 0.1) is 13.8 Å². The minimum atomic E-state index is -1.62. The van der Waals surface area contributed by atoms with E-state index in [0.29, 0.717) is 29.2 Å². The van der Waals surface area contributed by atoms with Gasteiger partial charge in [-0.05, 0) is 69.5 Å². The minimum Gasteiger partial charge on any atom is -0.479 e. The fourth-order valence-electron chi connectivity index (χ4n) is 4.92. The Hall–Kier alpha value is -2.31. The molecule has 0 spiro atoms. The fraction of sp³-hybridized carbons (Fsp3) is 0.400. The van der Waals surface area contributed by atoms with Gasteiger partial charge in [0.2, 0.25) is 0 Å². The summed E-state index contributed by atoms with van der Waals surface area (Å²) in [5.74, 6) is -1.09. The molecule has 170 valence electrons. The highest BCUT2D eigenvalue weighted by Gasteiger charge is 2.37. The molecule has 0 unspecified atom stereocenters. The zero-order chi connectivity index (χ0) is 25.2. The van der Waals surface area contributed by atoms with Crippen LogP contribution < -0.4 is 4.90 Å². The Balaban J connectivity index is 2.19. The second-order valence-electron chi connectivity index (χ2n) is 9.96. The van der Waals surface area contributed by atoms with E-state index in [0.717, 1.165) is 33.4 Å². The Morgan fingerprint density at radius 3 is 2.26 bits per heavy atom. The normalized spacial score (nSPS) is 15.1. The number of rotatable bonds is 5. The van der Waals surface area contributed by atoms with Gasteiger partial charge >= 0.3 is 5.97 Å². The summed E-state index contributed by atoms with van der Waals surface area (Å²) in [5, 5.41) is 10.2. The highest BCUT2D eigenvalue weighted by atomic mass is 35.5. The van der Waals surface area contributed by atoms with Crippen molar-refractivity contribution in [3.63, 3.8) is 0 Å². The van der Waals surface area contributed by atoms with Crippen molar-refractivity contribution in [2.45, 2.75) is 58.1 Å². The predicted octanol–water partition coefficient (Wildman–Crippen LogP) is 4.46. The molecule has 1 aliphatic heterocycles. The lowest BCUT2D eigenvalue weighted by atomic mass is 9.48. The van der Waals surface area contributed by atoms with Gasteiger partial charge in [0.05, 0.1) is 40.3 Å². The number of aliphatic carboxylic acids is 1. The molecule has 34 heavy (non-hydrogen) atoms. The molecule has 1 aromatic heterocycles. The van der Waals surface area contributed by atoms with Crippen molar-refractivity contribution in [2.75, 3.05) is 11.4 Å². The van der Waals surface area contributed by atoms with E-state index in [4.69, 9.17) is 39.9 Å². The summed E-state index contributed by atoms with van der Waals surface area (Å²) in [4.78, 5) is 14.4. The number of carbonyl (C=O) groups is 1. The topological polar surface area (TPSA) is 54.7 Å². The molecule has 0 aliphatic carbocycles. The van der Waals surface area contributed by atoms with Gasteiger partial charge in [0, 0.05) is 34.8 Å². The van der Waals surface area contributed by atoms with E-state index in [2.05, 4.69) is 10.6 Å². The first-order valence-electron chi connectivity index (χ1n) is 11.2. The van der Waals surface area contributed by atoms with E-state index >= 15 is 0 Å². The minimum absolute atomic E-state index is 0.486. The zero-order valence-corrected chi connectivity index (χ0v) is 20.9. The second kappa shape index (κ2) is 8.42. The van der Waals surface area contributed by atoms with Gasteiger partial charge in [-0.1, -0.05) is 29.0 Å². The lowest BCUT2D eigenvalue weighted by molar-refractivity contribution is -0.160. The molecule has 0 saturated heterocycles. The van der Waals surface area contributed by atoms with Crippen LogP contribution in [-0.2, 0) is 16.1 Å². The third kappa shape index (κ3) is 4.27. The number of carboxylic acids is 1. The summed E-state index contributed by atoms with van der Waals surface area (Å²) in [6, 6.07) is 9.44. The molecule has 9 heteroatoms. The van der Waals surface area contributed by atoms with Crippen LogP contribution in [0.4, 0.5) is 5.69 Å². The van der Waals surface area contributed by atoms with Crippen molar-refractivity contribution in [1.29, 1.82) is 0 Å². The van der Waals surface area contributed by atoms with E-state index < -0.39 is 22.9 Å². The number of ether oxygens (including phenoxy) is 1. The van der Waals surface area contributed by atoms with Gasteiger partial charge in [-0.2, -0.15) is 0 Å². The third-order valence-electron chi connectivity index (χ3n) is 6.20. The Bertz CT molecular complexity index is 1270. The maximum Gasteiger partial charge on any atom is 0.337 e. The van der Waals surface area contributed by atoms with Crippen LogP contribution in [0.25, 0.3) is 22.0 Å². The van der Waals surface area contributed by atoms with Crippen LogP contribution in [0.2, 0.25) is 5.02 Å². The number of benzene rings is 2. The Kier molecular flexibility index (Phi) is 6.14. The van der Waals surface area contributed by atoms with Crippen molar-refractivity contribution in [3.8, 4) is 11.1 Å². The maximum absolute atomic E-state index is 12.6. The van der Waals surface area contributed by atoms with Gasteiger partial charge in [-0.3, -0.25) is 0 Å². The first kappa shape index (κ1) is 24.8.